The number of Topliss-reactive ketones (excluding diaryl/α,β-unsaturated/α-hetero) is 1. The maximum absolute atomic E-state index is 10.5. The number of carboxylic acid groups (broad SMARTS) is 1. The lowest BCUT2D eigenvalue weighted by molar-refractivity contribution is -0.142. The van der Waals surface area contributed by atoms with Crippen LogP contribution < -0.4 is 0 Å². The molecule has 8 heteroatoms. The first-order chi connectivity index (χ1) is 7.81. The quantitative estimate of drug-likeness (QED) is 0.295. The Hall–Kier alpha value is -1.06. The lowest BCUT2D eigenvalue weighted by Gasteiger charge is -2.19. The maximum atomic E-state index is 10.5. The van der Waals surface area contributed by atoms with Crippen molar-refractivity contribution >= 4 is 11.8 Å². The Morgan fingerprint density at radius 3 is 1.76 bits per heavy atom. The highest BCUT2D eigenvalue weighted by molar-refractivity contribution is 5.84. The summed E-state index contributed by atoms with van der Waals surface area (Å²) >= 11 is 0. The number of carbonyl (C=O) groups excluding carboxylic acids is 1. The molecule has 0 rings (SSSR count). The highest BCUT2D eigenvalue weighted by Gasteiger charge is 2.28. The van der Waals surface area contributed by atoms with E-state index in [1.165, 1.54) is 0 Å². The van der Waals surface area contributed by atoms with E-state index in [-0.39, 0.29) is 6.42 Å². The first-order valence-corrected chi connectivity index (χ1v) is 4.82. The normalized spacial score (nSPS) is 15.2. The molecule has 0 heterocycles. The molecule has 0 aromatic carbocycles. The fourth-order valence-corrected chi connectivity index (χ4v) is 0.602. The third-order valence-electron chi connectivity index (χ3n) is 1.69. The van der Waals surface area contributed by atoms with Gasteiger partial charge in [-0.15, -0.1) is 0 Å². The van der Waals surface area contributed by atoms with E-state index in [9.17, 15) is 9.59 Å². The number of ketones is 1. The molecule has 0 saturated heterocycles. The second-order valence-corrected chi connectivity index (χ2v) is 3.06. The zero-order valence-corrected chi connectivity index (χ0v) is 9.35. The van der Waals surface area contributed by atoms with Crippen molar-refractivity contribution in [2.75, 3.05) is 13.2 Å². The van der Waals surface area contributed by atoms with E-state index in [0.29, 0.717) is 0 Å². The first-order valence-electron chi connectivity index (χ1n) is 4.82. The summed E-state index contributed by atoms with van der Waals surface area (Å²) in [5.74, 6) is -1.75. The van der Waals surface area contributed by atoms with Crippen molar-refractivity contribution in [2.45, 2.75) is 31.7 Å². The fraction of sp³-hybridized carbons (Fsp3) is 0.778. The van der Waals surface area contributed by atoms with Crippen LogP contribution in [0.5, 0.6) is 0 Å². The molecule has 0 aliphatic heterocycles. The highest BCUT2D eigenvalue weighted by atomic mass is 16.4. The SMILES string of the molecule is CCC(=O)O.O=C(CO)[C@@H](O)[C@H](O)[C@H](O)CO. The molecule has 0 amide bonds. The van der Waals surface area contributed by atoms with Gasteiger partial charge in [-0.25, -0.2) is 0 Å². The van der Waals surface area contributed by atoms with Gasteiger partial charge in [0, 0.05) is 6.42 Å². The molecule has 0 bridgehead atoms. The Bertz CT molecular complexity index is 229. The molecule has 0 radical (unpaired) electrons. The van der Waals surface area contributed by atoms with Crippen LogP contribution in [-0.2, 0) is 9.59 Å². The van der Waals surface area contributed by atoms with E-state index in [4.69, 9.17) is 30.6 Å². The maximum Gasteiger partial charge on any atom is 0.303 e. The van der Waals surface area contributed by atoms with E-state index >= 15 is 0 Å². The molecule has 0 aromatic rings. The summed E-state index contributed by atoms with van der Waals surface area (Å²) in [6.45, 7) is -0.0877. The molecule has 0 unspecified atom stereocenters. The Morgan fingerprint density at radius 1 is 1.12 bits per heavy atom. The summed E-state index contributed by atoms with van der Waals surface area (Å²) in [5.41, 5.74) is 0. The zero-order valence-electron chi connectivity index (χ0n) is 9.35. The smallest absolute Gasteiger partial charge is 0.303 e. The van der Waals surface area contributed by atoms with Crippen LogP contribution in [0.4, 0.5) is 0 Å². The largest absolute Gasteiger partial charge is 0.481 e. The van der Waals surface area contributed by atoms with Gasteiger partial charge in [-0.1, -0.05) is 6.92 Å². The van der Waals surface area contributed by atoms with Gasteiger partial charge in [0.05, 0.1) is 6.61 Å². The average molecular weight is 254 g/mol. The van der Waals surface area contributed by atoms with Crippen molar-refractivity contribution in [2.24, 2.45) is 0 Å². The van der Waals surface area contributed by atoms with E-state index in [1.807, 2.05) is 0 Å². The Balaban J connectivity index is 0. The average Bonchev–Trinajstić information content (AvgIpc) is 2.35. The third-order valence-corrected chi connectivity index (χ3v) is 1.69. The number of aliphatic hydroxyl groups is 5. The summed E-state index contributed by atoms with van der Waals surface area (Å²) in [4.78, 5) is 19.9. The van der Waals surface area contributed by atoms with Crippen molar-refractivity contribution in [3.63, 3.8) is 0 Å². The lowest BCUT2D eigenvalue weighted by atomic mass is 10.1. The number of carbonyl (C=O) groups is 2. The molecule has 0 fully saturated rings. The fourth-order valence-electron chi connectivity index (χ4n) is 0.602. The molecule has 0 aromatic heterocycles. The molecular weight excluding hydrogens is 236 g/mol. The third kappa shape index (κ3) is 8.72. The van der Waals surface area contributed by atoms with E-state index in [0.717, 1.165) is 0 Å². The van der Waals surface area contributed by atoms with Crippen LogP contribution in [0.25, 0.3) is 0 Å². The number of aliphatic carboxylic acids is 1. The minimum atomic E-state index is -1.86. The molecule has 0 aliphatic carbocycles. The van der Waals surface area contributed by atoms with Crippen molar-refractivity contribution in [3.8, 4) is 0 Å². The molecule has 0 aliphatic rings. The van der Waals surface area contributed by atoms with Crippen LogP contribution in [0.1, 0.15) is 13.3 Å². The van der Waals surface area contributed by atoms with Crippen molar-refractivity contribution in [1.82, 2.24) is 0 Å². The van der Waals surface area contributed by atoms with Crippen LogP contribution >= 0.6 is 0 Å². The van der Waals surface area contributed by atoms with Crippen molar-refractivity contribution < 1.29 is 40.2 Å². The highest BCUT2D eigenvalue weighted by Crippen LogP contribution is 2.00. The molecule has 6 N–H and O–H groups in total. The van der Waals surface area contributed by atoms with Gasteiger partial charge in [0.2, 0.25) is 0 Å². The summed E-state index contributed by atoms with van der Waals surface area (Å²) in [6.07, 6.45) is -5.00. The molecule has 17 heavy (non-hydrogen) atoms. The van der Waals surface area contributed by atoms with Gasteiger partial charge < -0.3 is 30.6 Å². The van der Waals surface area contributed by atoms with Crippen molar-refractivity contribution in [1.29, 1.82) is 0 Å². The molecule has 102 valence electrons. The number of hydrogen-bond acceptors (Lipinski definition) is 7. The minimum Gasteiger partial charge on any atom is -0.481 e. The standard InChI is InChI=1S/C6H12O6.C3H6O2/c7-1-3(9)5(11)6(12)4(10)2-8;1-2-3(4)5/h3,5-9,11-12H,1-2H2;2H2,1H3,(H,4,5)/t3-,5-,6-;/m1./s1. The summed E-state index contributed by atoms with van der Waals surface area (Å²) < 4.78 is 0. The monoisotopic (exact) mass is 254 g/mol. The van der Waals surface area contributed by atoms with Gasteiger partial charge >= 0.3 is 5.97 Å². The summed E-state index contributed by atoms with van der Waals surface area (Å²) in [6, 6.07) is 0. The second kappa shape index (κ2) is 10.1. The van der Waals surface area contributed by atoms with Gasteiger partial charge in [0.15, 0.2) is 5.78 Å². The zero-order chi connectivity index (χ0) is 14.0. The van der Waals surface area contributed by atoms with Crippen LogP contribution in [0, 0.1) is 0 Å². The number of carboxylic acids is 1. The van der Waals surface area contributed by atoms with Gasteiger partial charge in [-0.05, 0) is 0 Å². The number of aliphatic hydroxyl groups excluding tert-OH is 5. The van der Waals surface area contributed by atoms with Crippen molar-refractivity contribution in [3.05, 3.63) is 0 Å². The molecule has 8 nitrogen and oxygen atoms in total. The van der Waals surface area contributed by atoms with Crippen LogP contribution in [0.15, 0.2) is 0 Å². The minimum absolute atomic E-state index is 0.222. The number of hydrogen-bond donors (Lipinski definition) is 6. The molecular formula is C9H18O8. The first kappa shape index (κ1) is 18.3. The topological polar surface area (TPSA) is 156 Å². The second-order valence-electron chi connectivity index (χ2n) is 3.06. The van der Waals surface area contributed by atoms with Crippen LogP contribution in [0.3, 0.4) is 0 Å². The molecule has 0 saturated carbocycles. The van der Waals surface area contributed by atoms with Gasteiger partial charge in [0.25, 0.3) is 0 Å². The van der Waals surface area contributed by atoms with E-state index in [2.05, 4.69) is 0 Å². The molecule has 0 spiro atoms. The van der Waals surface area contributed by atoms with E-state index < -0.39 is 43.3 Å². The Kier molecular flexibility index (Phi) is 10.9. The summed E-state index contributed by atoms with van der Waals surface area (Å²) in [7, 11) is 0. The summed E-state index contributed by atoms with van der Waals surface area (Å²) in [5, 5.41) is 50.8. The van der Waals surface area contributed by atoms with Crippen LogP contribution in [0.2, 0.25) is 0 Å². The number of rotatable bonds is 6. The lowest BCUT2D eigenvalue weighted by Crippen LogP contribution is -2.44. The Labute approximate surface area is 97.8 Å². The predicted octanol–water partition coefficient (Wildman–Crippen LogP) is -2.90. The van der Waals surface area contributed by atoms with Gasteiger partial charge in [0.1, 0.15) is 24.9 Å². The predicted molar refractivity (Wildman–Crippen MR) is 55.1 cm³/mol. The van der Waals surface area contributed by atoms with Gasteiger partial charge in [-0.2, -0.15) is 0 Å². The van der Waals surface area contributed by atoms with Crippen LogP contribution in [-0.4, -0.2) is 73.9 Å². The van der Waals surface area contributed by atoms with Gasteiger partial charge in [-0.3, -0.25) is 9.59 Å². The molecule has 3 atom stereocenters. The Morgan fingerprint density at radius 2 is 1.53 bits per heavy atom. The van der Waals surface area contributed by atoms with E-state index in [1.54, 1.807) is 6.92 Å².